The van der Waals surface area contributed by atoms with Gasteiger partial charge in [-0.2, -0.15) is 0 Å². The van der Waals surface area contributed by atoms with Crippen LogP contribution < -0.4 is 5.32 Å². The Balaban J connectivity index is 2.41. The number of amides is 1. The van der Waals surface area contributed by atoms with E-state index < -0.39 is 17.8 Å². The van der Waals surface area contributed by atoms with Gasteiger partial charge in [0.25, 0.3) is 0 Å². The molecule has 5 nitrogen and oxygen atoms in total. The van der Waals surface area contributed by atoms with Crippen molar-refractivity contribution in [2.75, 3.05) is 13.2 Å². The average molecular weight is 229 g/mol. The minimum atomic E-state index is -0.942. The lowest BCUT2D eigenvalue weighted by atomic mass is 9.95. The molecule has 1 fully saturated rings. The van der Waals surface area contributed by atoms with E-state index >= 15 is 0 Å². The van der Waals surface area contributed by atoms with Gasteiger partial charge < -0.3 is 15.2 Å². The third-order valence-corrected chi connectivity index (χ3v) is 3.06. The first-order valence-corrected chi connectivity index (χ1v) is 5.63. The summed E-state index contributed by atoms with van der Waals surface area (Å²) in [5.41, 5.74) is 0. The summed E-state index contributed by atoms with van der Waals surface area (Å²) in [5.74, 6) is -2.32. The van der Waals surface area contributed by atoms with Crippen molar-refractivity contribution in [1.29, 1.82) is 0 Å². The predicted molar refractivity (Wildman–Crippen MR) is 57.9 cm³/mol. The smallest absolute Gasteiger partial charge is 0.307 e. The molecule has 1 amide bonds. The van der Waals surface area contributed by atoms with Crippen LogP contribution in [-0.2, 0) is 14.3 Å². The molecule has 0 radical (unpaired) electrons. The van der Waals surface area contributed by atoms with E-state index in [-0.39, 0.29) is 11.9 Å². The van der Waals surface area contributed by atoms with Crippen molar-refractivity contribution < 1.29 is 19.4 Å². The summed E-state index contributed by atoms with van der Waals surface area (Å²) < 4.78 is 5.24. The first-order valence-electron chi connectivity index (χ1n) is 5.63. The van der Waals surface area contributed by atoms with Gasteiger partial charge in [0.05, 0.1) is 18.6 Å². The molecule has 0 spiro atoms. The van der Waals surface area contributed by atoms with Crippen molar-refractivity contribution in [2.24, 2.45) is 11.8 Å². The molecule has 1 aliphatic heterocycles. The maximum atomic E-state index is 11.7. The van der Waals surface area contributed by atoms with Crippen molar-refractivity contribution in [1.82, 2.24) is 5.32 Å². The van der Waals surface area contributed by atoms with Gasteiger partial charge in [0.15, 0.2) is 0 Å². The molecule has 1 aliphatic rings. The van der Waals surface area contributed by atoms with E-state index in [0.29, 0.717) is 6.61 Å². The van der Waals surface area contributed by atoms with Gasteiger partial charge in [0.1, 0.15) is 0 Å². The van der Waals surface area contributed by atoms with Crippen molar-refractivity contribution in [3.8, 4) is 0 Å². The summed E-state index contributed by atoms with van der Waals surface area (Å²) >= 11 is 0. The third kappa shape index (κ3) is 3.48. The second-order valence-electron chi connectivity index (χ2n) is 4.34. The molecule has 3 unspecified atom stereocenters. The molecule has 1 heterocycles. The number of carboxylic acids is 1. The Bertz CT molecular complexity index is 261. The highest BCUT2D eigenvalue weighted by molar-refractivity contribution is 5.84. The fourth-order valence-corrected chi connectivity index (χ4v) is 1.63. The minimum absolute atomic E-state index is 0.0321. The molecule has 0 aromatic carbocycles. The number of rotatable bonds is 4. The van der Waals surface area contributed by atoms with E-state index in [0.717, 1.165) is 19.4 Å². The van der Waals surface area contributed by atoms with Gasteiger partial charge in [-0.1, -0.05) is 13.8 Å². The van der Waals surface area contributed by atoms with Crippen LogP contribution in [0, 0.1) is 11.8 Å². The van der Waals surface area contributed by atoms with Gasteiger partial charge >= 0.3 is 5.97 Å². The molecule has 2 N–H and O–H groups in total. The normalized spacial score (nSPS) is 24.5. The molecule has 92 valence electrons. The van der Waals surface area contributed by atoms with Gasteiger partial charge in [-0.3, -0.25) is 9.59 Å². The highest BCUT2D eigenvalue weighted by Gasteiger charge is 2.27. The molecular weight excluding hydrogens is 210 g/mol. The zero-order valence-electron chi connectivity index (χ0n) is 9.73. The number of hydrogen-bond acceptors (Lipinski definition) is 3. The predicted octanol–water partition coefficient (Wildman–Crippen LogP) is 0.638. The highest BCUT2D eigenvalue weighted by Crippen LogP contribution is 2.13. The maximum Gasteiger partial charge on any atom is 0.307 e. The Morgan fingerprint density at radius 3 is 2.56 bits per heavy atom. The Labute approximate surface area is 95.2 Å². The van der Waals surface area contributed by atoms with E-state index in [1.807, 2.05) is 0 Å². The van der Waals surface area contributed by atoms with Crippen LogP contribution in [0.5, 0.6) is 0 Å². The Kier molecular flexibility index (Phi) is 4.73. The summed E-state index contributed by atoms with van der Waals surface area (Å²) in [5, 5.41) is 11.6. The van der Waals surface area contributed by atoms with Gasteiger partial charge in [0, 0.05) is 12.5 Å². The molecule has 5 heteroatoms. The molecule has 0 aromatic heterocycles. The number of ether oxygens (including phenoxy) is 1. The first-order chi connectivity index (χ1) is 7.52. The topological polar surface area (TPSA) is 75.6 Å². The van der Waals surface area contributed by atoms with Crippen molar-refractivity contribution >= 4 is 11.9 Å². The van der Waals surface area contributed by atoms with Crippen molar-refractivity contribution in [2.45, 2.75) is 32.7 Å². The lowest BCUT2D eigenvalue weighted by Crippen LogP contribution is -2.44. The molecule has 16 heavy (non-hydrogen) atoms. The maximum absolute atomic E-state index is 11.7. The monoisotopic (exact) mass is 229 g/mol. The largest absolute Gasteiger partial charge is 0.481 e. The number of hydrogen-bond donors (Lipinski definition) is 2. The van der Waals surface area contributed by atoms with Crippen LogP contribution in [0.3, 0.4) is 0 Å². The SMILES string of the molecule is CC(C(=O)O)C(C)C(=O)NC1CCCOC1. The number of aliphatic carboxylic acids is 1. The van der Waals surface area contributed by atoms with E-state index in [1.54, 1.807) is 13.8 Å². The van der Waals surface area contributed by atoms with Crippen molar-refractivity contribution in [3.63, 3.8) is 0 Å². The van der Waals surface area contributed by atoms with Crippen molar-refractivity contribution in [3.05, 3.63) is 0 Å². The summed E-state index contributed by atoms with van der Waals surface area (Å²) in [6, 6.07) is 0.0321. The molecule has 0 bridgehead atoms. The number of nitrogens with one attached hydrogen (secondary N) is 1. The molecular formula is C11H19NO4. The first kappa shape index (κ1) is 13.0. The van der Waals surface area contributed by atoms with Gasteiger partial charge in [0.2, 0.25) is 5.91 Å². The minimum Gasteiger partial charge on any atom is -0.481 e. The lowest BCUT2D eigenvalue weighted by Gasteiger charge is -2.25. The third-order valence-electron chi connectivity index (χ3n) is 3.06. The van der Waals surface area contributed by atoms with Gasteiger partial charge in [-0.15, -0.1) is 0 Å². The van der Waals surface area contributed by atoms with Crippen LogP contribution in [0.2, 0.25) is 0 Å². The Morgan fingerprint density at radius 2 is 2.06 bits per heavy atom. The quantitative estimate of drug-likeness (QED) is 0.741. The van der Waals surface area contributed by atoms with Crippen LogP contribution in [0.25, 0.3) is 0 Å². The van der Waals surface area contributed by atoms with E-state index in [2.05, 4.69) is 5.32 Å². The average Bonchev–Trinajstić information content (AvgIpc) is 2.28. The highest BCUT2D eigenvalue weighted by atomic mass is 16.5. The Morgan fingerprint density at radius 1 is 1.38 bits per heavy atom. The molecule has 0 aliphatic carbocycles. The molecule has 0 aromatic rings. The van der Waals surface area contributed by atoms with E-state index in [4.69, 9.17) is 9.84 Å². The molecule has 1 rings (SSSR count). The number of carbonyl (C=O) groups excluding carboxylic acids is 1. The molecule has 3 atom stereocenters. The number of carboxylic acid groups (broad SMARTS) is 1. The fraction of sp³-hybridized carbons (Fsp3) is 0.818. The van der Waals surface area contributed by atoms with Crippen LogP contribution >= 0.6 is 0 Å². The zero-order valence-corrected chi connectivity index (χ0v) is 9.73. The molecule has 0 saturated carbocycles. The standard InChI is InChI=1S/C11H19NO4/c1-7(8(2)11(14)15)10(13)12-9-4-3-5-16-6-9/h7-9H,3-6H2,1-2H3,(H,12,13)(H,14,15). The van der Waals surface area contributed by atoms with E-state index in [9.17, 15) is 9.59 Å². The summed E-state index contributed by atoms with van der Waals surface area (Å²) in [7, 11) is 0. The number of carbonyl (C=O) groups is 2. The van der Waals surface area contributed by atoms with Gasteiger partial charge in [-0.25, -0.2) is 0 Å². The Hall–Kier alpha value is -1.10. The van der Waals surface area contributed by atoms with Crippen LogP contribution in [0.4, 0.5) is 0 Å². The lowest BCUT2D eigenvalue weighted by molar-refractivity contribution is -0.146. The van der Waals surface area contributed by atoms with Crippen LogP contribution in [-0.4, -0.2) is 36.2 Å². The zero-order chi connectivity index (χ0) is 12.1. The summed E-state index contributed by atoms with van der Waals surface area (Å²) in [6.07, 6.45) is 1.84. The molecule has 1 saturated heterocycles. The van der Waals surface area contributed by atoms with Crippen LogP contribution in [0.15, 0.2) is 0 Å². The summed E-state index contributed by atoms with van der Waals surface area (Å²) in [4.78, 5) is 22.5. The summed E-state index contributed by atoms with van der Waals surface area (Å²) in [6.45, 7) is 4.45. The van der Waals surface area contributed by atoms with E-state index in [1.165, 1.54) is 0 Å². The van der Waals surface area contributed by atoms with Crippen LogP contribution in [0.1, 0.15) is 26.7 Å². The van der Waals surface area contributed by atoms with Gasteiger partial charge in [-0.05, 0) is 12.8 Å². The second kappa shape index (κ2) is 5.84. The second-order valence-corrected chi connectivity index (χ2v) is 4.34. The fourth-order valence-electron chi connectivity index (χ4n) is 1.63.